The van der Waals surface area contributed by atoms with Crippen molar-refractivity contribution in [2.24, 2.45) is 7.05 Å². The maximum atomic E-state index is 15.5. The van der Waals surface area contributed by atoms with Gasteiger partial charge in [0.15, 0.2) is 11.6 Å². The molecule has 0 bridgehead atoms. The minimum atomic E-state index is -0.423. The predicted molar refractivity (Wildman–Crippen MR) is 165 cm³/mol. The van der Waals surface area contributed by atoms with E-state index in [1.54, 1.807) is 36.9 Å². The van der Waals surface area contributed by atoms with E-state index in [1.165, 1.54) is 25.2 Å². The molecule has 0 aliphatic carbocycles. The molecule has 3 aromatic heterocycles. The summed E-state index contributed by atoms with van der Waals surface area (Å²) >= 11 is 0. The van der Waals surface area contributed by atoms with E-state index in [0.717, 1.165) is 37.3 Å². The fourth-order valence-corrected chi connectivity index (χ4v) is 4.81. The number of fused-ring (bicyclic) bond motifs is 2. The molecule has 1 aliphatic rings. The van der Waals surface area contributed by atoms with Gasteiger partial charge in [0, 0.05) is 38.8 Å². The van der Waals surface area contributed by atoms with E-state index in [2.05, 4.69) is 42.4 Å². The zero-order valence-electron chi connectivity index (χ0n) is 24.5. The first-order chi connectivity index (χ1) is 20.9. The van der Waals surface area contributed by atoms with Crippen molar-refractivity contribution in [3.63, 3.8) is 0 Å². The van der Waals surface area contributed by atoms with Gasteiger partial charge in [0.2, 0.25) is 5.91 Å². The molecule has 1 aliphatic heterocycles. The van der Waals surface area contributed by atoms with E-state index in [-0.39, 0.29) is 11.6 Å². The van der Waals surface area contributed by atoms with E-state index in [4.69, 9.17) is 9.72 Å². The van der Waals surface area contributed by atoms with Crippen LogP contribution < -0.4 is 20.3 Å². The van der Waals surface area contributed by atoms with Crippen molar-refractivity contribution in [2.45, 2.75) is 32.6 Å². The molecule has 6 rings (SSSR count). The summed E-state index contributed by atoms with van der Waals surface area (Å²) in [5.41, 5.74) is 3.57. The Morgan fingerprint density at radius 3 is 2.56 bits per heavy atom. The fourth-order valence-electron chi connectivity index (χ4n) is 4.81. The van der Waals surface area contributed by atoms with Gasteiger partial charge in [0.05, 0.1) is 16.7 Å². The molecular formula is C31H34FN9O2. The van der Waals surface area contributed by atoms with Crippen LogP contribution in [0.1, 0.15) is 31.2 Å². The van der Waals surface area contributed by atoms with Crippen molar-refractivity contribution in [1.82, 2.24) is 35.3 Å². The summed E-state index contributed by atoms with van der Waals surface area (Å²) < 4.78 is 23.2. The first-order valence-electron chi connectivity index (χ1n) is 14.1. The van der Waals surface area contributed by atoms with Gasteiger partial charge < -0.3 is 20.3 Å². The molecule has 43 heavy (non-hydrogen) atoms. The van der Waals surface area contributed by atoms with Crippen LogP contribution in [-0.4, -0.2) is 56.0 Å². The highest BCUT2D eigenvalue weighted by atomic mass is 19.1. The molecule has 11 nitrogen and oxygen atoms in total. The number of nitrogens with zero attached hydrogens (tertiary/aromatic N) is 7. The first kappa shape index (κ1) is 29.4. The van der Waals surface area contributed by atoms with Crippen molar-refractivity contribution in [2.75, 3.05) is 30.4 Å². The largest absolute Gasteiger partial charge is 0.457 e. The normalized spacial score (nSPS) is 13.2. The lowest BCUT2D eigenvalue weighted by molar-refractivity contribution is -0.116. The number of benzene rings is 2. The number of hydrogen-bond donors (Lipinski definition) is 2. The quantitative estimate of drug-likeness (QED) is 0.246. The maximum Gasteiger partial charge on any atom is 0.243 e. The molecule has 1 amide bonds. The van der Waals surface area contributed by atoms with Crippen LogP contribution in [0.25, 0.3) is 22.1 Å². The van der Waals surface area contributed by atoms with Crippen LogP contribution in [0.2, 0.25) is 0 Å². The van der Waals surface area contributed by atoms with Crippen LogP contribution in [-0.2, 0) is 11.8 Å². The lowest BCUT2D eigenvalue weighted by Gasteiger charge is -2.22. The number of carbonyl (C=O) groups is 1. The number of hydrogen-bond acceptors (Lipinski definition) is 9. The van der Waals surface area contributed by atoms with E-state index in [0.29, 0.717) is 39.4 Å². The third-order valence-electron chi connectivity index (χ3n) is 7.23. The summed E-state index contributed by atoms with van der Waals surface area (Å²) in [5, 5.41) is 13.6. The average Bonchev–Trinajstić information content (AvgIpc) is 3.20. The number of amides is 1. The molecule has 0 unspecified atom stereocenters. The standard InChI is InChI=1S/C27H27FN8O.C4H7NO/c1-17-23(37-18-7-10-22-21(15-18)33-34-35(22)2)11-8-19(25(17)28)31-27-26-20(29-16-30-27)9-12-24(32-26)36-13-5-3-4-6-14-36;1-3-4(6)5-2/h7-12,15-16H,3-6,13-14H2,1-2H3,(H,29,30,31);3H,1H2,2H3,(H,5,6). The smallest absolute Gasteiger partial charge is 0.243 e. The third-order valence-corrected chi connectivity index (χ3v) is 7.23. The molecule has 5 aromatic rings. The lowest BCUT2D eigenvalue weighted by atomic mass is 10.1. The highest BCUT2D eigenvalue weighted by molar-refractivity contribution is 5.88. The molecule has 1 fully saturated rings. The molecule has 0 spiro atoms. The van der Waals surface area contributed by atoms with E-state index in [9.17, 15) is 4.79 Å². The Balaban J connectivity index is 0.000000559. The number of ether oxygens (including phenoxy) is 1. The summed E-state index contributed by atoms with van der Waals surface area (Å²) in [5.74, 6) is 1.77. The minimum Gasteiger partial charge on any atom is -0.457 e. The highest BCUT2D eigenvalue weighted by Crippen LogP contribution is 2.33. The number of halogens is 1. The zero-order valence-corrected chi connectivity index (χ0v) is 24.5. The van der Waals surface area contributed by atoms with E-state index >= 15 is 4.39 Å². The van der Waals surface area contributed by atoms with Crippen LogP contribution >= 0.6 is 0 Å². The number of anilines is 3. The Morgan fingerprint density at radius 2 is 1.84 bits per heavy atom. The minimum absolute atomic E-state index is 0.144. The third kappa shape index (κ3) is 6.69. The molecule has 0 radical (unpaired) electrons. The van der Waals surface area contributed by atoms with Gasteiger partial charge >= 0.3 is 0 Å². The Morgan fingerprint density at radius 1 is 1.05 bits per heavy atom. The molecular weight excluding hydrogens is 549 g/mol. The van der Waals surface area contributed by atoms with Crippen LogP contribution in [0, 0.1) is 12.7 Å². The Bertz CT molecular complexity index is 1760. The van der Waals surface area contributed by atoms with Crippen molar-refractivity contribution in [3.05, 3.63) is 72.8 Å². The summed E-state index contributed by atoms with van der Waals surface area (Å²) in [7, 11) is 3.39. The summed E-state index contributed by atoms with van der Waals surface area (Å²) in [6, 6.07) is 12.8. The molecule has 0 saturated carbocycles. The summed E-state index contributed by atoms with van der Waals surface area (Å²) in [4.78, 5) is 25.9. The number of likely N-dealkylation sites (N-methyl/N-ethyl adjacent to an activating group) is 1. The van der Waals surface area contributed by atoms with Gasteiger partial charge in [-0.1, -0.05) is 24.6 Å². The van der Waals surface area contributed by atoms with E-state index < -0.39 is 5.82 Å². The SMILES string of the molecule is C=CC(=O)NC.Cc1c(Oc2ccc3c(c2)nnn3C)ccc(Nc2ncnc3ccc(N4CCCCCC4)nc23)c1F. The van der Waals surface area contributed by atoms with Crippen LogP contribution in [0.15, 0.2) is 61.4 Å². The summed E-state index contributed by atoms with van der Waals surface area (Å²) in [6.45, 7) is 6.86. The van der Waals surface area contributed by atoms with Gasteiger partial charge in [-0.15, -0.1) is 5.10 Å². The fraction of sp³-hybridized carbons (Fsp3) is 0.290. The molecule has 222 valence electrons. The topological polar surface area (TPSA) is 123 Å². The van der Waals surface area contributed by atoms with Gasteiger partial charge in [-0.3, -0.25) is 4.79 Å². The second-order valence-electron chi connectivity index (χ2n) is 10.1. The Kier molecular flexibility index (Phi) is 9.04. The average molecular weight is 584 g/mol. The molecule has 2 aromatic carbocycles. The molecule has 4 heterocycles. The van der Waals surface area contributed by atoms with Gasteiger partial charge in [-0.25, -0.2) is 24.0 Å². The van der Waals surface area contributed by atoms with Crippen molar-refractivity contribution in [3.8, 4) is 11.5 Å². The van der Waals surface area contributed by atoms with Crippen LogP contribution in [0.4, 0.5) is 21.7 Å². The second kappa shape index (κ2) is 13.2. The van der Waals surface area contributed by atoms with Crippen LogP contribution in [0.3, 0.4) is 0 Å². The molecule has 0 atom stereocenters. The number of aryl methyl sites for hydroxylation is 1. The van der Waals surface area contributed by atoms with Gasteiger partial charge in [-0.2, -0.15) is 0 Å². The van der Waals surface area contributed by atoms with Gasteiger partial charge in [0.1, 0.15) is 34.7 Å². The number of pyridine rings is 1. The van der Waals surface area contributed by atoms with Crippen LogP contribution in [0.5, 0.6) is 11.5 Å². The zero-order chi connectivity index (χ0) is 30.3. The second-order valence-corrected chi connectivity index (χ2v) is 10.1. The lowest BCUT2D eigenvalue weighted by Crippen LogP contribution is -2.24. The van der Waals surface area contributed by atoms with Gasteiger partial charge in [0.25, 0.3) is 0 Å². The predicted octanol–water partition coefficient (Wildman–Crippen LogP) is 5.59. The van der Waals surface area contributed by atoms with Crippen molar-refractivity contribution < 1.29 is 13.9 Å². The molecule has 1 saturated heterocycles. The first-order valence-corrected chi connectivity index (χ1v) is 14.1. The monoisotopic (exact) mass is 583 g/mol. The van der Waals surface area contributed by atoms with Crippen molar-refractivity contribution in [1.29, 1.82) is 0 Å². The number of rotatable bonds is 6. The maximum absolute atomic E-state index is 15.5. The highest BCUT2D eigenvalue weighted by Gasteiger charge is 2.17. The Labute approximate surface area is 248 Å². The number of nitrogens with one attached hydrogen (secondary N) is 2. The number of carbonyl (C=O) groups excluding carboxylic acids is 1. The van der Waals surface area contributed by atoms with Crippen molar-refractivity contribution >= 4 is 45.3 Å². The Hall–Kier alpha value is -5.13. The summed E-state index contributed by atoms with van der Waals surface area (Å²) in [6.07, 6.45) is 7.48. The molecule has 12 heteroatoms. The number of aromatic nitrogens is 6. The molecule has 2 N–H and O–H groups in total. The van der Waals surface area contributed by atoms with E-state index in [1.807, 2.05) is 31.3 Å². The van der Waals surface area contributed by atoms with Gasteiger partial charge in [-0.05, 0) is 62.2 Å².